The lowest BCUT2D eigenvalue weighted by Crippen LogP contribution is -1.95. The van der Waals surface area contributed by atoms with Crippen molar-refractivity contribution < 1.29 is 9.53 Å². The first-order valence-electron chi connectivity index (χ1n) is 4.60. The average molecular weight is 176 g/mol. The summed E-state index contributed by atoms with van der Waals surface area (Å²) in [5.41, 5.74) is 3.00. The number of carbonyl (C=O) groups is 1. The Kier molecular flexibility index (Phi) is 2.05. The van der Waals surface area contributed by atoms with Crippen LogP contribution < -0.4 is 0 Å². The third kappa shape index (κ3) is 1.44. The van der Waals surface area contributed by atoms with E-state index in [0.717, 1.165) is 24.0 Å². The first-order chi connectivity index (χ1) is 6.31. The normalized spacial score (nSPS) is 14.1. The van der Waals surface area contributed by atoms with Crippen molar-refractivity contribution in [2.45, 2.75) is 26.4 Å². The minimum absolute atomic E-state index is 0.173. The Morgan fingerprint density at radius 1 is 1.46 bits per heavy atom. The van der Waals surface area contributed by atoms with Crippen molar-refractivity contribution in [2.24, 2.45) is 0 Å². The fraction of sp³-hybridized carbons (Fsp3) is 0.364. The maximum Gasteiger partial charge on any atom is 0.338 e. The van der Waals surface area contributed by atoms with Gasteiger partial charge in [0.05, 0.1) is 5.56 Å². The predicted molar refractivity (Wildman–Crippen MR) is 49.6 cm³/mol. The van der Waals surface area contributed by atoms with Gasteiger partial charge in [0.1, 0.15) is 6.61 Å². The lowest BCUT2D eigenvalue weighted by atomic mass is 10.0. The van der Waals surface area contributed by atoms with Crippen LogP contribution in [-0.4, -0.2) is 5.97 Å². The van der Waals surface area contributed by atoms with Crippen LogP contribution in [0, 0.1) is 0 Å². The van der Waals surface area contributed by atoms with Crippen LogP contribution in [0.4, 0.5) is 0 Å². The van der Waals surface area contributed by atoms with Crippen molar-refractivity contribution in [3.05, 3.63) is 34.9 Å². The Balaban J connectivity index is 2.36. The van der Waals surface area contributed by atoms with E-state index >= 15 is 0 Å². The minimum Gasteiger partial charge on any atom is -0.457 e. The van der Waals surface area contributed by atoms with E-state index in [2.05, 4.69) is 13.0 Å². The van der Waals surface area contributed by atoms with Crippen molar-refractivity contribution >= 4 is 5.97 Å². The Labute approximate surface area is 77.5 Å². The molecule has 0 aliphatic carbocycles. The number of hydrogen-bond acceptors (Lipinski definition) is 2. The monoisotopic (exact) mass is 176 g/mol. The van der Waals surface area contributed by atoms with Gasteiger partial charge >= 0.3 is 5.97 Å². The number of ether oxygens (including phenoxy) is 1. The second-order valence-electron chi connectivity index (χ2n) is 3.32. The molecule has 0 aromatic heterocycles. The number of esters is 1. The average Bonchev–Trinajstić information content (AvgIpc) is 2.49. The summed E-state index contributed by atoms with van der Waals surface area (Å²) in [6, 6.07) is 6.02. The molecule has 0 N–H and O–H groups in total. The highest BCUT2D eigenvalue weighted by molar-refractivity contribution is 5.93. The zero-order valence-corrected chi connectivity index (χ0v) is 7.67. The van der Waals surface area contributed by atoms with Crippen LogP contribution in [0.2, 0.25) is 0 Å². The molecule has 2 nitrogen and oxygen atoms in total. The summed E-state index contributed by atoms with van der Waals surface area (Å²) in [5, 5.41) is 0. The van der Waals surface area contributed by atoms with E-state index in [4.69, 9.17) is 4.74 Å². The van der Waals surface area contributed by atoms with Gasteiger partial charge in [0, 0.05) is 5.56 Å². The molecule has 1 aliphatic heterocycles. The molecule has 68 valence electrons. The molecular formula is C11H12O2. The van der Waals surface area contributed by atoms with E-state index in [-0.39, 0.29) is 5.97 Å². The number of rotatable bonds is 2. The fourth-order valence-electron chi connectivity index (χ4n) is 1.60. The molecule has 1 aromatic rings. The van der Waals surface area contributed by atoms with E-state index in [0.29, 0.717) is 6.61 Å². The van der Waals surface area contributed by atoms with Crippen molar-refractivity contribution in [3.8, 4) is 0 Å². The molecule has 13 heavy (non-hydrogen) atoms. The van der Waals surface area contributed by atoms with Crippen LogP contribution in [0.3, 0.4) is 0 Å². The summed E-state index contributed by atoms with van der Waals surface area (Å²) in [6.45, 7) is 2.58. The molecule has 1 aromatic carbocycles. The molecule has 2 rings (SSSR count). The second-order valence-corrected chi connectivity index (χ2v) is 3.32. The van der Waals surface area contributed by atoms with Gasteiger partial charge in [-0.25, -0.2) is 4.79 Å². The molecule has 0 atom stereocenters. The molecule has 0 saturated heterocycles. The Morgan fingerprint density at radius 2 is 2.31 bits per heavy atom. The van der Waals surface area contributed by atoms with Gasteiger partial charge in [0.25, 0.3) is 0 Å². The SMILES string of the molecule is CCCc1ccc2c(c1)C(=O)OC2. The molecule has 1 heterocycles. The highest BCUT2D eigenvalue weighted by Gasteiger charge is 2.20. The van der Waals surface area contributed by atoms with Gasteiger partial charge in [0.15, 0.2) is 0 Å². The first kappa shape index (κ1) is 8.30. The molecule has 0 fully saturated rings. The van der Waals surface area contributed by atoms with Crippen LogP contribution in [0.5, 0.6) is 0 Å². The molecule has 0 spiro atoms. The molecular weight excluding hydrogens is 164 g/mol. The Hall–Kier alpha value is -1.31. The topological polar surface area (TPSA) is 26.3 Å². The molecule has 0 radical (unpaired) electrons. The van der Waals surface area contributed by atoms with Crippen LogP contribution in [0.25, 0.3) is 0 Å². The molecule has 0 bridgehead atoms. The van der Waals surface area contributed by atoms with Crippen molar-refractivity contribution in [1.29, 1.82) is 0 Å². The standard InChI is InChI=1S/C11H12O2/c1-2-3-8-4-5-9-7-13-11(12)10(9)6-8/h4-6H,2-3,7H2,1H3. The minimum atomic E-state index is -0.173. The van der Waals surface area contributed by atoms with E-state index in [9.17, 15) is 4.79 Å². The lowest BCUT2D eigenvalue weighted by Gasteiger charge is -1.99. The van der Waals surface area contributed by atoms with Gasteiger partial charge in [-0.1, -0.05) is 25.5 Å². The van der Waals surface area contributed by atoms with E-state index in [1.807, 2.05) is 12.1 Å². The summed E-state index contributed by atoms with van der Waals surface area (Å²) >= 11 is 0. The van der Waals surface area contributed by atoms with Crippen LogP contribution in [0.15, 0.2) is 18.2 Å². The zero-order valence-electron chi connectivity index (χ0n) is 7.67. The maximum absolute atomic E-state index is 11.2. The molecule has 2 heteroatoms. The zero-order chi connectivity index (χ0) is 9.26. The van der Waals surface area contributed by atoms with E-state index < -0.39 is 0 Å². The molecule has 1 aliphatic rings. The van der Waals surface area contributed by atoms with Gasteiger partial charge in [-0.2, -0.15) is 0 Å². The van der Waals surface area contributed by atoms with Crippen LogP contribution >= 0.6 is 0 Å². The van der Waals surface area contributed by atoms with Crippen molar-refractivity contribution in [1.82, 2.24) is 0 Å². The predicted octanol–water partition coefficient (Wildman–Crippen LogP) is 2.31. The van der Waals surface area contributed by atoms with Gasteiger partial charge in [-0.15, -0.1) is 0 Å². The van der Waals surface area contributed by atoms with E-state index in [1.165, 1.54) is 5.56 Å². The van der Waals surface area contributed by atoms with Gasteiger partial charge < -0.3 is 4.74 Å². The summed E-state index contributed by atoms with van der Waals surface area (Å²) in [7, 11) is 0. The van der Waals surface area contributed by atoms with Crippen LogP contribution in [0.1, 0.15) is 34.8 Å². The molecule has 0 amide bonds. The summed E-state index contributed by atoms with van der Waals surface area (Å²) in [5.74, 6) is -0.173. The maximum atomic E-state index is 11.2. The summed E-state index contributed by atoms with van der Waals surface area (Å²) in [6.07, 6.45) is 2.13. The van der Waals surface area contributed by atoms with E-state index in [1.54, 1.807) is 0 Å². The summed E-state index contributed by atoms with van der Waals surface area (Å²) in [4.78, 5) is 11.2. The van der Waals surface area contributed by atoms with Gasteiger partial charge in [-0.05, 0) is 18.1 Å². The number of cyclic esters (lactones) is 1. The third-order valence-electron chi connectivity index (χ3n) is 2.29. The number of fused-ring (bicyclic) bond motifs is 1. The Bertz CT molecular complexity index is 342. The largest absolute Gasteiger partial charge is 0.457 e. The number of benzene rings is 1. The molecule has 0 unspecified atom stereocenters. The van der Waals surface area contributed by atoms with Crippen LogP contribution in [-0.2, 0) is 17.8 Å². The summed E-state index contributed by atoms with van der Waals surface area (Å²) < 4.78 is 4.92. The fourth-order valence-corrected chi connectivity index (χ4v) is 1.60. The number of carbonyl (C=O) groups excluding carboxylic acids is 1. The Morgan fingerprint density at radius 3 is 3.08 bits per heavy atom. The third-order valence-corrected chi connectivity index (χ3v) is 2.29. The highest BCUT2D eigenvalue weighted by Crippen LogP contribution is 2.21. The smallest absolute Gasteiger partial charge is 0.338 e. The van der Waals surface area contributed by atoms with Gasteiger partial charge in [-0.3, -0.25) is 0 Å². The second kappa shape index (κ2) is 3.21. The van der Waals surface area contributed by atoms with Gasteiger partial charge in [0.2, 0.25) is 0 Å². The molecule has 0 saturated carbocycles. The van der Waals surface area contributed by atoms with Crippen molar-refractivity contribution in [3.63, 3.8) is 0 Å². The van der Waals surface area contributed by atoms with Crippen molar-refractivity contribution in [2.75, 3.05) is 0 Å². The number of aryl methyl sites for hydroxylation is 1. The highest BCUT2D eigenvalue weighted by atomic mass is 16.5. The quantitative estimate of drug-likeness (QED) is 0.646. The lowest BCUT2D eigenvalue weighted by molar-refractivity contribution is 0.0535. The number of hydrogen-bond donors (Lipinski definition) is 0. The first-order valence-corrected chi connectivity index (χ1v) is 4.60.